The number of ether oxygens (including phenoxy) is 3. The van der Waals surface area contributed by atoms with Gasteiger partial charge < -0.3 is 40.0 Å². The molecule has 3 rings (SSSR count). The number of hydrogen-bond donors (Lipinski definition) is 4. The molecule has 1 saturated heterocycles. The highest BCUT2D eigenvalue weighted by molar-refractivity contribution is 7.99. The topological polar surface area (TPSA) is 171 Å². The van der Waals surface area contributed by atoms with Gasteiger partial charge >= 0.3 is 5.97 Å². The first kappa shape index (κ1) is 26.2. The number of nitrogens with two attached hydrogens (primary N) is 1. The molecule has 188 valence electrons. The van der Waals surface area contributed by atoms with Crippen LogP contribution in [0, 0.1) is 0 Å². The molecule has 12 nitrogen and oxygen atoms in total. The Morgan fingerprint density at radius 1 is 1.35 bits per heavy atom. The number of anilines is 1. The van der Waals surface area contributed by atoms with E-state index in [0.29, 0.717) is 41.2 Å². The van der Waals surface area contributed by atoms with Crippen LogP contribution in [0.1, 0.15) is 26.0 Å². The lowest BCUT2D eigenvalue weighted by molar-refractivity contribution is -0.148. The summed E-state index contributed by atoms with van der Waals surface area (Å²) >= 11 is 1.43. The molecule has 0 aliphatic carbocycles. The summed E-state index contributed by atoms with van der Waals surface area (Å²) < 4.78 is 17.5. The highest BCUT2D eigenvalue weighted by Gasteiger charge is 2.44. The van der Waals surface area contributed by atoms with Crippen molar-refractivity contribution in [2.45, 2.75) is 50.3 Å². The van der Waals surface area contributed by atoms with Gasteiger partial charge in [0.1, 0.15) is 42.6 Å². The Balaban J connectivity index is 1.55. The van der Waals surface area contributed by atoms with Gasteiger partial charge in [-0.1, -0.05) is 6.92 Å². The molecule has 5 unspecified atom stereocenters. The number of esters is 1. The monoisotopic (exact) mass is 497 g/mol. The molecule has 13 heteroatoms. The Hall–Kier alpha value is -2.45. The maximum Gasteiger partial charge on any atom is 0.328 e. The van der Waals surface area contributed by atoms with Crippen molar-refractivity contribution in [2.24, 2.45) is 0 Å². The molecule has 1 amide bonds. The lowest BCUT2D eigenvalue weighted by atomic mass is 10.1. The maximum atomic E-state index is 12.3. The molecule has 2 aromatic rings. The number of nitrogen functional groups attached to an aromatic ring is 1. The van der Waals surface area contributed by atoms with Crippen LogP contribution < -0.4 is 11.1 Å². The Morgan fingerprint density at radius 2 is 2.15 bits per heavy atom. The van der Waals surface area contributed by atoms with Crippen molar-refractivity contribution in [1.82, 2.24) is 19.9 Å². The van der Waals surface area contributed by atoms with Crippen LogP contribution in [-0.2, 0) is 23.8 Å². The minimum absolute atomic E-state index is 0.156. The van der Waals surface area contributed by atoms with Gasteiger partial charge in [-0.15, -0.1) is 0 Å². The van der Waals surface area contributed by atoms with Gasteiger partial charge in [-0.3, -0.25) is 4.79 Å². The summed E-state index contributed by atoms with van der Waals surface area (Å²) in [4.78, 5) is 32.3. The number of rotatable bonds is 12. The summed E-state index contributed by atoms with van der Waals surface area (Å²) in [6, 6.07) is 0.927. The maximum absolute atomic E-state index is 12.3. The number of aromatic nitrogens is 3. The molecule has 1 fully saturated rings. The second-order valence-electron chi connectivity index (χ2n) is 7.85. The number of aliphatic hydroxyl groups excluding tert-OH is 2. The minimum atomic E-state index is -1.16. The number of carbonyl (C=O) groups excluding carboxylic acids is 2. The molecular formula is C21H31N5O7S. The van der Waals surface area contributed by atoms with Gasteiger partial charge in [0.2, 0.25) is 5.91 Å². The quantitative estimate of drug-likeness (QED) is 0.227. The molecule has 1 aliphatic rings. The zero-order chi connectivity index (χ0) is 24.7. The Morgan fingerprint density at radius 3 is 2.88 bits per heavy atom. The number of methoxy groups -OCH3 is 1. The van der Waals surface area contributed by atoms with Crippen LogP contribution in [0.2, 0.25) is 0 Å². The molecule has 0 aromatic carbocycles. The van der Waals surface area contributed by atoms with Gasteiger partial charge in [0.15, 0.2) is 6.23 Å². The fraction of sp³-hybridized carbons (Fsp3) is 0.619. The van der Waals surface area contributed by atoms with Crippen molar-refractivity contribution in [3.63, 3.8) is 0 Å². The number of amides is 1. The van der Waals surface area contributed by atoms with Crippen LogP contribution >= 0.6 is 11.8 Å². The van der Waals surface area contributed by atoms with Crippen LogP contribution in [0.25, 0.3) is 11.0 Å². The standard InChI is InChI=1S/C21H31N5O7S/c1-3-7-32-21(30)13(25-15(27)9-31-2)5-8-34-10-14-16(28)17(29)20(33-14)26-6-4-12-18(22)23-11-24-19(12)26/h4,6,11,13-14,16-17,20,28-29H,3,5,7-10H2,1-2H3,(H,25,27)(H2,22,23,24). The van der Waals surface area contributed by atoms with Crippen molar-refractivity contribution in [3.8, 4) is 0 Å². The summed E-state index contributed by atoms with van der Waals surface area (Å²) in [5.41, 5.74) is 6.37. The molecule has 1 aliphatic heterocycles. The van der Waals surface area contributed by atoms with E-state index in [-0.39, 0.29) is 13.2 Å². The molecule has 0 saturated carbocycles. The van der Waals surface area contributed by atoms with Gasteiger partial charge in [0.25, 0.3) is 0 Å². The minimum Gasteiger partial charge on any atom is -0.464 e. The van der Waals surface area contributed by atoms with Crippen molar-refractivity contribution < 1.29 is 34.0 Å². The van der Waals surface area contributed by atoms with E-state index < -0.39 is 42.5 Å². The fourth-order valence-corrected chi connectivity index (χ4v) is 4.69. The molecule has 0 radical (unpaired) electrons. The number of aliphatic hydroxyl groups is 2. The number of thioether (sulfide) groups is 1. The SMILES string of the molecule is CCCOC(=O)C(CCSCC1OC(n2ccc3c(N)ncnc32)C(O)C1O)NC(=O)COC. The van der Waals surface area contributed by atoms with E-state index in [9.17, 15) is 19.8 Å². The summed E-state index contributed by atoms with van der Waals surface area (Å²) in [6.07, 6.45) is 0.259. The molecule has 0 bridgehead atoms. The van der Waals surface area contributed by atoms with Crippen LogP contribution in [0.15, 0.2) is 18.6 Å². The van der Waals surface area contributed by atoms with Crippen molar-refractivity contribution in [3.05, 3.63) is 18.6 Å². The lowest BCUT2D eigenvalue weighted by Crippen LogP contribution is -2.43. The van der Waals surface area contributed by atoms with Gasteiger partial charge in [-0.05, 0) is 24.7 Å². The predicted octanol–water partition coefficient (Wildman–Crippen LogP) is -0.160. The van der Waals surface area contributed by atoms with E-state index >= 15 is 0 Å². The van der Waals surface area contributed by atoms with Crippen molar-refractivity contribution in [1.29, 1.82) is 0 Å². The fourth-order valence-electron chi connectivity index (χ4n) is 3.61. The van der Waals surface area contributed by atoms with E-state index in [4.69, 9.17) is 19.9 Å². The molecule has 0 spiro atoms. The molecule has 5 atom stereocenters. The average Bonchev–Trinajstić information content (AvgIpc) is 3.36. The summed E-state index contributed by atoms with van der Waals surface area (Å²) in [5, 5.41) is 24.3. The second-order valence-corrected chi connectivity index (χ2v) is 9.00. The second kappa shape index (κ2) is 12.3. The lowest BCUT2D eigenvalue weighted by Gasteiger charge is -2.18. The van der Waals surface area contributed by atoms with Gasteiger partial charge in [0, 0.05) is 19.1 Å². The third kappa shape index (κ3) is 6.16. The molecular weight excluding hydrogens is 466 g/mol. The van der Waals surface area contributed by atoms with E-state index in [2.05, 4.69) is 15.3 Å². The molecule has 34 heavy (non-hydrogen) atoms. The Labute approximate surface area is 201 Å². The first-order valence-corrected chi connectivity index (χ1v) is 12.1. The zero-order valence-corrected chi connectivity index (χ0v) is 19.9. The van der Waals surface area contributed by atoms with Gasteiger partial charge in [-0.25, -0.2) is 14.8 Å². The largest absolute Gasteiger partial charge is 0.464 e. The van der Waals surface area contributed by atoms with Gasteiger partial charge in [-0.2, -0.15) is 11.8 Å². The summed E-state index contributed by atoms with van der Waals surface area (Å²) in [5.74, 6) is 0.264. The third-order valence-electron chi connectivity index (χ3n) is 5.33. The van der Waals surface area contributed by atoms with Crippen molar-refractivity contribution >= 4 is 40.5 Å². The normalized spacial score (nSPS) is 23.2. The number of hydrogen-bond acceptors (Lipinski definition) is 11. The first-order chi connectivity index (χ1) is 16.4. The molecule has 5 N–H and O–H groups in total. The average molecular weight is 498 g/mol. The Kier molecular flexibility index (Phi) is 9.47. The highest BCUT2D eigenvalue weighted by atomic mass is 32.2. The van der Waals surface area contributed by atoms with E-state index in [1.54, 1.807) is 16.8 Å². The molecule has 3 heterocycles. The Bertz CT molecular complexity index is 974. The highest BCUT2D eigenvalue weighted by Crippen LogP contribution is 2.34. The van der Waals surface area contributed by atoms with E-state index in [0.717, 1.165) is 0 Å². The zero-order valence-electron chi connectivity index (χ0n) is 19.1. The van der Waals surface area contributed by atoms with Crippen LogP contribution in [0.5, 0.6) is 0 Å². The number of fused-ring (bicyclic) bond motifs is 1. The number of nitrogens with zero attached hydrogens (tertiary/aromatic N) is 3. The third-order valence-corrected chi connectivity index (χ3v) is 6.42. The van der Waals surface area contributed by atoms with Crippen LogP contribution in [0.3, 0.4) is 0 Å². The van der Waals surface area contributed by atoms with Gasteiger partial charge in [0.05, 0.1) is 18.1 Å². The smallest absolute Gasteiger partial charge is 0.328 e. The van der Waals surface area contributed by atoms with Crippen molar-refractivity contribution in [2.75, 3.05) is 37.6 Å². The van der Waals surface area contributed by atoms with E-state index in [1.165, 1.54) is 25.2 Å². The predicted molar refractivity (Wildman–Crippen MR) is 125 cm³/mol. The number of carbonyl (C=O) groups is 2. The summed E-state index contributed by atoms with van der Waals surface area (Å²) in [7, 11) is 1.40. The van der Waals surface area contributed by atoms with E-state index in [1.807, 2.05) is 6.92 Å². The first-order valence-electron chi connectivity index (χ1n) is 11.0. The van der Waals surface area contributed by atoms with Crippen LogP contribution in [-0.4, -0.2) is 92.8 Å². The van der Waals surface area contributed by atoms with Crippen LogP contribution in [0.4, 0.5) is 5.82 Å². The summed E-state index contributed by atoms with van der Waals surface area (Å²) in [6.45, 7) is 2.00. The molecule has 2 aromatic heterocycles. The number of nitrogens with one attached hydrogen (secondary N) is 1.